The molecule has 3 fully saturated rings. The van der Waals surface area contributed by atoms with Crippen molar-refractivity contribution >= 4 is 5.91 Å². The van der Waals surface area contributed by atoms with Gasteiger partial charge in [-0.05, 0) is 46.1 Å². The molecule has 3 unspecified atom stereocenters. The molecule has 1 amide bonds. The highest BCUT2D eigenvalue weighted by atomic mass is 16.2. The first kappa shape index (κ1) is 16.2. The summed E-state index contributed by atoms with van der Waals surface area (Å²) in [5.74, 6) is 0.343. The first-order valence-corrected chi connectivity index (χ1v) is 9.13. The van der Waals surface area contributed by atoms with Crippen LogP contribution in [0.5, 0.6) is 0 Å². The number of amides is 1. The second-order valence-corrected chi connectivity index (χ2v) is 7.39. The van der Waals surface area contributed by atoms with Gasteiger partial charge in [-0.25, -0.2) is 0 Å². The molecule has 3 aliphatic heterocycles. The van der Waals surface area contributed by atoms with Crippen LogP contribution in [0.1, 0.15) is 39.5 Å². The molecule has 0 bridgehead atoms. The monoisotopic (exact) mass is 308 g/mol. The van der Waals surface area contributed by atoms with Crippen molar-refractivity contribution in [3.8, 4) is 0 Å². The Balaban J connectivity index is 1.46. The molecule has 3 heterocycles. The molecule has 3 rings (SSSR count). The van der Waals surface area contributed by atoms with Crippen LogP contribution < -0.4 is 5.32 Å². The molecular formula is C17H32N4O. The fourth-order valence-electron chi connectivity index (χ4n) is 4.42. The second kappa shape index (κ2) is 7.28. The molecule has 0 saturated carbocycles. The van der Waals surface area contributed by atoms with Crippen molar-refractivity contribution in [2.24, 2.45) is 0 Å². The Hall–Kier alpha value is -0.650. The van der Waals surface area contributed by atoms with Gasteiger partial charge in [0.05, 0.1) is 6.54 Å². The number of carbonyl (C=O) groups excluding carboxylic acids is 1. The summed E-state index contributed by atoms with van der Waals surface area (Å²) in [7, 11) is 0. The number of hydrogen-bond acceptors (Lipinski definition) is 4. The molecule has 0 radical (unpaired) electrons. The van der Waals surface area contributed by atoms with Gasteiger partial charge in [0.15, 0.2) is 0 Å². The van der Waals surface area contributed by atoms with E-state index in [0.717, 1.165) is 45.3 Å². The lowest BCUT2D eigenvalue weighted by molar-refractivity contribution is -0.139. The molecule has 0 spiro atoms. The molecule has 22 heavy (non-hydrogen) atoms. The minimum atomic E-state index is 0.343. The van der Waals surface area contributed by atoms with Gasteiger partial charge in [-0.15, -0.1) is 0 Å². The van der Waals surface area contributed by atoms with E-state index in [2.05, 4.69) is 33.9 Å². The Labute approximate surface area is 135 Å². The van der Waals surface area contributed by atoms with Crippen molar-refractivity contribution in [2.75, 3.05) is 45.8 Å². The molecule has 3 saturated heterocycles. The van der Waals surface area contributed by atoms with Gasteiger partial charge in [-0.2, -0.15) is 0 Å². The minimum absolute atomic E-state index is 0.343. The van der Waals surface area contributed by atoms with Gasteiger partial charge in [-0.1, -0.05) is 0 Å². The number of hydrogen-bond donors (Lipinski definition) is 1. The van der Waals surface area contributed by atoms with Crippen LogP contribution in [0, 0.1) is 0 Å². The quantitative estimate of drug-likeness (QED) is 0.835. The summed E-state index contributed by atoms with van der Waals surface area (Å²) in [5, 5.41) is 3.45. The SMILES string of the molecule is CC1CCCC(C)N1C(=O)CN1CCN(C2CCNC2)CC1. The smallest absolute Gasteiger partial charge is 0.237 e. The average molecular weight is 308 g/mol. The Morgan fingerprint density at radius 1 is 1.05 bits per heavy atom. The van der Waals surface area contributed by atoms with Gasteiger partial charge in [0.25, 0.3) is 0 Å². The van der Waals surface area contributed by atoms with Crippen molar-refractivity contribution in [3.05, 3.63) is 0 Å². The van der Waals surface area contributed by atoms with Gasteiger partial charge < -0.3 is 10.2 Å². The third-order valence-electron chi connectivity index (χ3n) is 5.80. The predicted molar refractivity (Wildman–Crippen MR) is 88.9 cm³/mol. The normalized spacial score (nSPS) is 35.0. The highest BCUT2D eigenvalue weighted by Crippen LogP contribution is 2.23. The minimum Gasteiger partial charge on any atom is -0.336 e. The molecule has 3 atom stereocenters. The largest absolute Gasteiger partial charge is 0.336 e. The van der Waals surface area contributed by atoms with E-state index in [4.69, 9.17) is 0 Å². The first-order chi connectivity index (χ1) is 10.6. The van der Waals surface area contributed by atoms with Crippen LogP contribution in [0.15, 0.2) is 0 Å². The molecule has 1 N–H and O–H groups in total. The summed E-state index contributed by atoms with van der Waals surface area (Å²) >= 11 is 0. The van der Waals surface area contributed by atoms with E-state index < -0.39 is 0 Å². The van der Waals surface area contributed by atoms with Crippen LogP contribution in [0.3, 0.4) is 0 Å². The third kappa shape index (κ3) is 3.63. The molecule has 0 aromatic heterocycles. The van der Waals surface area contributed by atoms with Crippen LogP contribution in [-0.4, -0.2) is 84.5 Å². The number of piperazine rings is 1. The van der Waals surface area contributed by atoms with Crippen LogP contribution in [-0.2, 0) is 4.79 Å². The molecule has 0 aromatic carbocycles. The summed E-state index contributed by atoms with van der Waals surface area (Å²) in [6.07, 6.45) is 4.87. The first-order valence-electron chi connectivity index (χ1n) is 9.13. The number of carbonyl (C=O) groups is 1. The van der Waals surface area contributed by atoms with Gasteiger partial charge in [-0.3, -0.25) is 14.6 Å². The zero-order valence-corrected chi connectivity index (χ0v) is 14.3. The summed E-state index contributed by atoms with van der Waals surface area (Å²) in [4.78, 5) is 19.8. The zero-order chi connectivity index (χ0) is 15.5. The maximum absolute atomic E-state index is 12.7. The van der Waals surface area contributed by atoms with Gasteiger partial charge in [0, 0.05) is 50.8 Å². The highest BCUT2D eigenvalue weighted by Gasteiger charge is 2.31. The van der Waals surface area contributed by atoms with Gasteiger partial charge in [0.1, 0.15) is 0 Å². The topological polar surface area (TPSA) is 38.8 Å². The van der Waals surface area contributed by atoms with Crippen molar-refractivity contribution in [1.29, 1.82) is 0 Å². The van der Waals surface area contributed by atoms with Crippen molar-refractivity contribution in [3.63, 3.8) is 0 Å². The number of piperidine rings is 1. The maximum atomic E-state index is 12.7. The van der Waals surface area contributed by atoms with Gasteiger partial charge >= 0.3 is 0 Å². The molecule has 3 aliphatic rings. The van der Waals surface area contributed by atoms with Crippen molar-refractivity contribution in [1.82, 2.24) is 20.0 Å². The standard InChI is InChI=1S/C17H32N4O/c1-14-4-3-5-15(2)21(14)17(22)13-19-8-10-20(11-9-19)16-6-7-18-12-16/h14-16,18H,3-13H2,1-2H3. The Morgan fingerprint density at radius 3 is 2.32 bits per heavy atom. The Kier molecular flexibility index (Phi) is 5.37. The molecule has 0 aliphatic carbocycles. The van der Waals surface area contributed by atoms with Crippen LogP contribution in [0.4, 0.5) is 0 Å². The van der Waals surface area contributed by atoms with Crippen LogP contribution in [0.25, 0.3) is 0 Å². The number of nitrogens with one attached hydrogen (secondary N) is 1. The average Bonchev–Trinajstić information content (AvgIpc) is 3.02. The Morgan fingerprint density at radius 2 is 1.73 bits per heavy atom. The van der Waals surface area contributed by atoms with Crippen LogP contribution >= 0.6 is 0 Å². The number of rotatable bonds is 3. The van der Waals surface area contributed by atoms with Crippen molar-refractivity contribution < 1.29 is 4.79 Å². The summed E-state index contributed by atoms with van der Waals surface area (Å²) in [5.41, 5.74) is 0. The summed E-state index contributed by atoms with van der Waals surface area (Å²) in [6, 6.07) is 1.56. The van der Waals surface area contributed by atoms with Crippen molar-refractivity contribution in [2.45, 2.75) is 57.7 Å². The predicted octanol–water partition coefficient (Wildman–Crippen LogP) is 0.755. The van der Waals surface area contributed by atoms with E-state index in [-0.39, 0.29) is 0 Å². The fraction of sp³-hybridized carbons (Fsp3) is 0.941. The van der Waals surface area contributed by atoms with E-state index in [1.165, 1.54) is 25.7 Å². The van der Waals surface area contributed by atoms with E-state index >= 15 is 0 Å². The van der Waals surface area contributed by atoms with E-state index in [1.807, 2.05) is 0 Å². The van der Waals surface area contributed by atoms with Gasteiger partial charge in [0.2, 0.25) is 5.91 Å². The lowest BCUT2D eigenvalue weighted by atomic mass is 9.97. The summed E-state index contributed by atoms with van der Waals surface area (Å²) < 4.78 is 0. The van der Waals surface area contributed by atoms with Crippen LogP contribution in [0.2, 0.25) is 0 Å². The lowest BCUT2D eigenvalue weighted by Crippen LogP contribution is -2.55. The lowest BCUT2D eigenvalue weighted by Gasteiger charge is -2.42. The van der Waals surface area contributed by atoms with E-state index in [0.29, 0.717) is 24.5 Å². The summed E-state index contributed by atoms with van der Waals surface area (Å²) in [6.45, 7) is 11.6. The Bertz CT molecular complexity index is 365. The van der Waals surface area contributed by atoms with E-state index in [9.17, 15) is 4.79 Å². The van der Waals surface area contributed by atoms with E-state index in [1.54, 1.807) is 0 Å². The second-order valence-electron chi connectivity index (χ2n) is 7.39. The molecule has 5 nitrogen and oxygen atoms in total. The molecule has 5 heteroatoms. The molecule has 0 aromatic rings. The molecular weight excluding hydrogens is 276 g/mol. The third-order valence-corrected chi connectivity index (χ3v) is 5.80. The molecule has 126 valence electrons. The fourth-order valence-corrected chi connectivity index (χ4v) is 4.42. The highest BCUT2D eigenvalue weighted by molar-refractivity contribution is 5.79. The number of likely N-dealkylation sites (tertiary alicyclic amines) is 1. The maximum Gasteiger partial charge on any atom is 0.237 e. The number of nitrogens with zero attached hydrogens (tertiary/aromatic N) is 3. The zero-order valence-electron chi connectivity index (χ0n) is 14.3.